The molecule has 1 saturated heterocycles. The predicted molar refractivity (Wildman–Crippen MR) is 88.6 cm³/mol. The third-order valence-electron chi connectivity index (χ3n) is 4.71. The van der Waals surface area contributed by atoms with E-state index in [1.807, 2.05) is 37.2 Å². The molecule has 124 valence electrons. The lowest BCUT2D eigenvalue weighted by Crippen LogP contribution is -2.39. The number of hydrogen-bond donors (Lipinski definition) is 0. The average Bonchev–Trinajstić information content (AvgIpc) is 3.21. The van der Waals surface area contributed by atoms with Crippen molar-refractivity contribution < 1.29 is 4.79 Å². The Kier molecular flexibility index (Phi) is 3.55. The first-order chi connectivity index (χ1) is 11.6. The smallest absolute Gasteiger partial charge is 0.294 e. The average molecular weight is 324 g/mol. The number of amides is 1. The maximum absolute atomic E-state index is 13.0. The SMILES string of the molecule is Cc1ccnc2nc(C(=O)N3CCCC[C@H]3c3cccn3C)nn12. The minimum Gasteiger partial charge on any atom is -0.353 e. The summed E-state index contributed by atoms with van der Waals surface area (Å²) >= 11 is 0. The van der Waals surface area contributed by atoms with Gasteiger partial charge >= 0.3 is 0 Å². The van der Waals surface area contributed by atoms with E-state index in [-0.39, 0.29) is 17.8 Å². The van der Waals surface area contributed by atoms with Crippen molar-refractivity contribution in [2.75, 3.05) is 6.54 Å². The Balaban J connectivity index is 1.70. The fourth-order valence-electron chi connectivity index (χ4n) is 3.43. The lowest BCUT2D eigenvalue weighted by atomic mass is 9.99. The van der Waals surface area contributed by atoms with Gasteiger partial charge in [0.25, 0.3) is 11.7 Å². The minimum atomic E-state index is -0.120. The van der Waals surface area contributed by atoms with E-state index in [9.17, 15) is 4.79 Å². The fraction of sp³-hybridized carbons (Fsp3) is 0.412. The van der Waals surface area contributed by atoms with Crippen LogP contribution in [0.1, 0.15) is 47.3 Å². The van der Waals surface area contributed by atoms with Crippen LogP contribution in [0.4, 0.5) is 0 Å². The first-order valence-electron chi connectivity index (χ1n) is 8.26. The molecule has 0 aromatic carbocycles. The van der Waals surface area contributed by atoms with E-state index in [0.717, 1.165) is 37.2 Å². The quantitative estimate of drug-likeness (QED) is 0.724. The third kappa shape index (κ3) is 2.36. The molecule has 0 spiro atoms. The largest absolute Gasteiger partial charge is 0.353 e. The normalized spacial score (nSPS) is 18.2. The molecule has 0 N–H and O–H groups in total. The van der Waals surface area contributed by atoms with Crippen molar-refractivity contribution in [2.45, 2.75) is 32.2 Å². The maximum Gasteiger partial charge on any atom is 0.294 e. The van der Waals surface area contributed by atoms with Crippen molar-refractivity contribution in [1.82, 2.24) is 29.0 Å². The molecule has 24 heavy (non-hydrogen) atoms. The summed E-state index contributed by atoms with van der Waals surface area (Å²) in [7, 11) is 2.02. The molecule has 0 saturated carbocycles. The molecule has 0 unspecified atom stereocenters. The van der Waals surface area contributed by atoms with Gasteiger partial charge in [0.1, 0.15) is 0 Å². The molecule has 1 fully saturated rings. The highest BCUT2D eigenvalue weighted by molar-refractivity contribution is 5.91. The Morgan fingerprint density at radius 3 is 2.92 bits per heavy atom. The van der Waals surface area contributed by atoms with Crippen LogP contribution in [0.25, 0.3) is 5.78 Å². The summed E-state index contributed by atoms with van der Waals surface area (Å²) in [5, 5.41) is 4.37. The molecule has 7 nitrogen and oxygen atoms in total. The van der Waals surface area contributed by atoms with Gasteiger partial charge in [0, 0.05) is 37.4 Å². The summed E-state index contributed by atoms with van der Waals surface area (Å²) < 4.78 is 3.70. The Morgan fingerprint density at radius 1 is 1.29 bits per heavy atom. The van der Waals surface area contributed by atoms with E-state index in [4.69, 9.17) is 0 Å². The number of aromatic nitrogens is 5. The van der Waals surface area contributed by atoms with Crippen LogP contribution in [-0.4, -0.2) is 41.5 Å². The highest BCUT2D eigenvalue weighted by atomic mass is 16.2. The highest BCUT2D eigenvalue weighted by Gasteiger charge is 2.32. The summed E-state index contributed by atoms with van der Waals surface area (Å²) in [4.78, 5) is 23.5. The van der Waals surface area contributed by atoms with E-state index < -0.39 is 0 Å². The van der Waals surface area contributed by atoms with E-state index in [1.54, 1.807) is 10.7 Å². The summed E-state index contributed by atoms with van der Waals surface area (Å²) in [6.45, 7) is 2.65. The summed E-state index contributed by atoms with van der Waals surface area (Å²) in [6.07, 6.45) is 6.80. The van der Waals surface area contributed by atoms with Gasteiger partial charge in [-0.05, 0) is 44.4 Å². The number of carbonyl (C=O) groups is 1. The number of rotatable bonds is 2. The van der Waals surface area contributed by atoms with Crippen LogP contribution in [0.15, 0.2) is 30.6 Å². The van der Waals surface area contributed by atoms with Crippen LogP contribution in [0.2, 0.25) is 0 Å². The second-order valence-electron chi connectivity index (χ2n) is 6.29. The molecular weight excluding hydrogens is 304 g/mol. The Morgan fingerprint density at radius 2 is 2.17 bits per heavy atom. The van der Waals surface area contributed by atoms with Gasteiger partial charge in [0.2, 0.25) is 5.82 Å². The van der Waals surface area contributed by atoms with Crippen molar-refractivity contribution in [3.8, 4) is 0 Å². The monoisotopic (exact) mass is 324 g/mol. The molecule has 0 aliphatic carbocycles. The molecular formula is C17H20N6O. The van der Waals surface area contributed by atoms with Gasteiger partial charge < -0.3 is 9.47 Å². The number of nitrogens with zero attached hydrogens (tertiary/aromatic N) is 6. The fourth-order valence-corrected chi connectivity index (χ4v) is 3.43. The number of carbonyl (C=O) groups excluding carboxylic acids is 1. The van der Waals surface area contributed by atoms with Crippen molar-refractivity contribution in [3.63, 3.8) is 0 Å². The molecule has 1 aliphatic rings. The zero-order valence-electron chi connectivity index (χ0n) is 13.9. The first-order valence-corrected chi connectivity index (χ1v) is 8.26. The topological polar surface area (TPSA) is 68.3 Å². The summed E-state index contributed by atoms with van der Waals surface area (Å²) in [5.41, 5.74) is 2.06. The van der Waals surface area contributed by atoms with E-state index in [1.165, 1.54) is 0 Å². The number of aryl methyl sites for hydroxylation is 2. The predicted octanol–water partition coefficient (Wildman–Crippen LogP) is 2.14. The van der Waals surface area contributed by atoms with Gasteiger partial charge in [-0.25, -0.2) is 9.50 Å². The zero-order chi connectivity index (χ0) is 16.7. The van der Waals surface area contributed by atoms with E-state index >= 15 is 0 Å². The number of likely N-dealkylation sites (tertiary alicyclic amines) is 1. The molecule has 1 atom stereocenters. The summed E-state index contributed by atoms with van der Waals surface area (Å²) in [5.74, 6) is 0.564. The van der Waals surface area contributed by atoms with Gasteiger partial charge in [-0.1, -0.05) is 0 Å². The van der Waals surface area contributed by atoms with Crippen molar-refractivity contribution in [2.24, 2.45) is 7.05 Å². The van der Waals surface area contributed by atoms with Crippen LogP contribution in [0.5, 0.6) is 0 Å². The van der Waals surface area contributed by atoms with Crippen molar-refractivity contribution >= 4 is 11.7 Å². The van der Waals surface area contributed by atoms with Crippen LogP contribution in [0, 0.1) is 6.92 Å². The molecule has 4 heterocycles. The van der Waals surface area contributed by atoms with Crippen LogP contribution in [-0.2, 0) is 7.05 Å². The zero-order valence-corrected chi connectivity index (χ0v) is 13.9. The highest BCUT2D eigenvalue weighted by Crippen LogP contribution is 2.31. The molecule has 0 radical (unpaired) electrons. The minimum absolute atomic E-state index is 0.0759. The second-order valence-corrected chi connectivity index (χ2v) is 6.29. The molecule has 7 heteroatoms. The summed E-state index contributed by atoms with van der Waals surface area (Å²) in [6, 6.07) is 6.03. The molecule has 3 aromatic rings. The molecule has 4 rings (SSSR count). The Bertz CT molecular complexity index is 896. The van der Waals surface area contributed by atoms with Crippen LogP contribution < -0.4 is 0 Å². The number of fused-ring (bicyclic) bond motifs is 1. The lowest BCUT2D eigenvalue weighted by Gasteiger charge is -2.35. The van der Waals surface area contributed by atoms with Gasteiger partial charge in [-0.3, -0.25) is 4.79 Å². The Labute approximate surface area is 139 Å². The van der Waals surface area contributed by atoms with Crippen molar-refractivity contribution in [3.05, 3.63) is 47.8 Å². The molecule has 1 amide bonds. The molecule has 3 aromatic heterocycles. The van der Waals surface area contributed by atoms with Gasteiger partial charge in [-0.15, -0.1) is 5.10 Å². The standard InChI is InChI=1S/C17H20N6O/c1-12-8-9-18-17-19-15(20-23(12)17)16(24)22-11-4-3-6-14(22)13-7-5-10-21(13)2/h5,7-10,14H,3-4,6,11H2,1-2H3/t14-/m0/s1. The van der Waals surface area contributed by atoms with Crippen LogP contribution in [0.3, 0.4) is 0 Å². The van der Waals surface area contributed by atoms with E-state index in [2.05, 4.69) is 25.7 Å². The second kappa shape index (κ2) is 5.74. The molecule has 1 aliphatic heterocycles. The first kappa shape index (κ1) is 14.9. The van der Waals surface area contributed by atoms with Gasteiger partial charge in [0.15, 0.2) is 0 Å². The number of hydrogen-bond acceptors (Lipinski definition) is 4. The van der Waals surface area contributed by atoms with Gasteiger partial charge in [-0.2, -0.15) is 4.98 Å². The van der Waals surface area contributed by atoms with Crippen molar-refractivity contribution in [1.29, 1.82) is 0 Å². The van der Waals surface area contributed by atoms with E-state index in [0.29, 0.717) is 5.78 Å². The van der Waals surface area contributed by atoms with Crippen LogP contribution >= 0.6 is 0 Å². The Hall–Kier alpha value is -2.70. The number of piperidine rings is 1. The third-order valence-corrected chi connectivity index (χ3v) is 4.71. The lowest BCUT2D eigenvalue weighted by molar-refractivity contribution is 0.0590. The maximum atomic E-state index is 13.0. The van der Waals surface area contributed by atoms with Gasteiger partial charge in [0.05, 0.1) is 6.04 Å². The molecule has 0 bridgehead atoms.